The Hall–Kier alpha value is -2.67. The molecule has 0 aliphatic carbocycles. The van der Waals surface area contributed by atoms with Crippen LogP contribution in [0.15, 0.2) is 36.5 Å². The van der Waals surface area contributed by atoms with Crippen molar-refractivity contribution in [3.8, 4) is 0 Å². The van der Waals surface area contributed by atoms with Crippen LogP contribution in [0.3, 0.4) is 0 Å². The van der Waals surface area contributed by atoms with Crippen molar-refractivity contribution < 1.29 is 9.18 Å². The van der Waals surface area contributed by atoms with Gasteiger partial charge in [-0.3, -0.25) is 4.79 Å². The van der Waals surface area contributed by atoms with Crippen molar-refractivity contribution in [2.45, 2.75) is 13.5 Å². The number of aryl methyl sites for hydroxylation is 1. The number of rotatable bonds is 3. The molecule has 1 aliphatic heterocycles. The molecule has 8 heteroatoms. The first-order valence-corrected chi connectivity index (χ1v) is 9.16. The Kier molecular flexibility index (Phi) is 4.70. The molecule has 0 unspecified atom stereocenters. The number of hydrogen-bond donors (Lipinski definition) is 0. The third-order valence-electron chi connectivity index (χ3n) is 4.89. The van der Waals surface area contributed by atoms with Gasteiger partial charge in [-0.25, -0.2) is 9.67 Å². The number of benzene rings is 1. The maximum atomic E-state index is 13.9. The van der Waals surface area contributed by atoms with Gasteiger partial charge in [0.25, 0.3) is 0 Å². The molecule has 3 heterocycles. The molecule has 1 amide bonds. The Morgan fingerprint density at radius 1 is 1.22 bits per heavy atom. The standard InChI is InChI=1S/C19H19ClFN5O/c1-13-11-14(4-5-16(13)20)24-7-9-25(10-8-24)17(27)12-26-19-15(18(21)23-26)3-2-6-22-19/h2-6,11H,7-10,12H2,1H3. The molecule has 0 N–H and O–H groups in total. The fraction of sp³-hybridized carbons (Fsp3) is 0.316. The van der Waals surface area contributed by atoms with Gasteiger partial charge in [0.2, 0.25) is 11.9 Å². The van der Waals surface area contributed by atoms with Gasteiger partial charge in [-0.15, -0.1) is 5.10 Å². The van der Waals surface area contributed by atoms with Gasteiger partial charge in [0.15, 0.2) is 5.65 Å². The lowest BCUT2D eigenvalue weighted by Gasteiger charge is -2.36. The van der Waals surface area contributed by atoms with Gasteiger partial charge in [0, 0.05) is 43.1 Å². The molecule has 0 bridgehead atoms. The largest absolute Gasteiger partial charge is 0.368 e. The average molecular weight is 388 g/mol. The summed E-state index contributed by atoms with van der Waals surface area (Å²) in [5, 5.41) is 4.90. The zero-order valence-electron chi connectivity index (χ0n) is 14.9. The number of aromatic nitrogens is 3. The fourth-order valence-electron chi connectivity index (χ4n) is 3.35. The van der Waals surface area contributed by atoms with E-state index in [-0.39, 0.29) is 12.5 Å². The summed E-state index contributed by atoms with van der Waals surface area (Å²) in [4.78, 5) is 20.8. The number of fused-ring (bicyclic) bond motifs is 1. The van der Waals surface area contributed by atoms with Crippen LogP contribution in [-0.2, 0) is 11.3 Å². The van der Waals surface area contributed by atoms with Crippen LogP contribution < -0.4 is 4.90 Å². The zero-order chi connectivity index (χ0) is 19.0. The number of carbonyl (C=O) groups excluding carboxylic acids is 1. The zero-order valence-corrected chi connectivity index (χ0v) is 15.7. The normalized spacial score (nSPS) is 14.8. The van der Waals surface area contributed by atoms with Crippen LogP contribution in [0.1, 0.15) is 5.56 Å². The predicted octanol–water partition coefficient (Wildman–Crippen LogP) is 2.88. The molecule has 27 heavy (non-hydrogen) atoms. The van der Waals surface area contributed by atoms with Crippen molar-refractivity contribution in [1.82, 2.24) is 19.7 Å². The summed E-state index contributed by atoms with van der Waals surface area (Å²) in [7, 11) is 0. The average Bonchev–Trinajstić information content (AvgIpc) is 3.00. The lowest BCUT2D eigenvalue weighted by atomic mass is 10.2. The van der Waals surface area contributed by atoms with E-state index in [4.69, 9.17) is 11.6 Å². The number of hydrogen-bond acceptors (Lipinski definition) is 4. The van der Waals surface area contributed by atoms with E-state index in [1.807, 2.05) is 19.1 Å². The van der Waals surface area contributed by atoms with Crippen LogP contribution in [0, 0.1) is 12.9 Å². The van der Waals surface area contributed by atoms with Crippen molar-refractivity contribution in [2.24, 2.45) is 0 Å². The van der Waals surface area contributed by atoms with E-state index in [1.54, 1.807) is 23.2 Å². The lowest BCUT2D eigenvalue weighted by Crippen LogP contribution is -2.49. The Morgan fingerprint density at radius 3 is 2.74 bits per heavy atom. The number of pyridine rings is 1. The van der Waals surface area contributed by atoms with E-state index >= 15 is 0 Å². The Bertz CT molecular complexity index is 997. The molecule has 2 aromatic heterocycles. The van der Waals surface area contributed by atoms with Gasteiger partial charge in [-0.1, -0.05) is 11.6 Å². The van der Waals surface area contributed by atoms with E-state index in [0.29, 0.717) is 24.1 Å². The molecule has 1 fully saturated rings. The van der Waals surface area contributed by atoms with Crippen molar-refractivity contribution in [3.05, 3.63) is 53.1 Å². The van der Waals surface area contributed by atoms with Gasteiger partial charge in [0.05, 0.1) is 5.39 Å². The van der Waals surface area contributed by atoms with Crippen molar-refractivity contribution in [2.75, 3.05) is 31.1 Å². The monoisotopic (exact) mass is 387 g/mol. The summed E-state index contributed by atoms with van der Waals surface area (Å²) in [5.74, 6) is -0.689. The molecular formula is C19H19ClFN5O. The Labute approximate surface area is 161 Å². The van der Waals surface area contributed by atoms with Crippen molar-refractivity contribution in [1.29, 1.82) is 0 Å². The number of anilines is 1. The smallest absolute Gasteiger partial charge is 0.244 e. The molecule has 140 valence electrons. The van der Waals surface area contributed by atoms with Gasteiger partial charge in [-0.05, 0) is 42.8 Å². The molecule has 1 aromatic carbocycles. The third-order valence-corrected chi connectivity index (χ3v) is 5.31. The summed E-state index contributed by atoms with van der Waals surface area (Å²) in [6.07, 6.45) is 1.57. The van der Waals surface area contributed by atoms with E-state index < -0.39 is 5.95 Å². The maximum Gasteiger partial charge on any atom is 0.244 e. The summed E-state index contributed by atoms with van der Waals surface area (Å²) in [5.41, 5.74) is 2.53. The molecule has 1 aliphatic rings. The van der Waals surface area contributed by atoms with E-state index in [9.17, 15) is 9.18 Å². The molecule has 6 nitrogen and oxygen atoms in total. The second-order valence-electron chi connectivity index (χ2n) is 6.62. The Balaban J connectivity index is 1.42. The highest BCUT2D eigenvalue weighted by Crippen LogP contribution is 2.23. The number of piperazine rings is 1. The molecular weight excluding hydrogens is 369 g/mol. The molecule has 0 radical (unpaired) electrons. The Morgan fingerprint density at radius 2 is 2.00 bits per heavy atom. The first-order valence-electron chi connectivity index (χ1n) is 8.79. The van der Waals surface area contributed by atoms with Crippen molar-refractivity contribution >= 4 is 34.2 Å². The molecule has 0 atom stereocenters. The van der Waals surface area contributed by atoms with Crippen molar-refractivity contribution in [3.63, 3.8) is 0 Å². The number of halogens is 2. The quantitative estimate of drug-likeness (QED) is 0.693. The van der Waals surface area contributed by atoms with Crippen LogP contribution in [-0.4, -0.2) is 51.8 Å². The van der Waals surface area contributed by atoms with Gasteiger partial charge in [-0.2, -0.15) is 4.39 Å². The summed E-state index contributed by atoms with van der Waals surface area (Å²) >= 11 is 6.09. The van der Waals surface area contributed by atoms with Crippen LogP contribution in [0.4, 0.5) is 10.1 Å². The minimum Gasteiger partial charge on any atom is -0.368 e. The summed E-state index contributed by atoms with van der Waals surface area (Å²) in [6.45, 7) is 4.65. The highest BCUT2D eigenvalue weighted by Gasteiger charge is 2.23. The number of carbonyl (C=O) groups is 1. The number of nitrogens with zero attached hydrogens (tertiary/aromatic N) is 5. The van der Waals surface area contributed by atoms with Crippen LogP contribution in [0.5, 0.6) is 0 Å². The second-order valence-corrected chi connectivity index (χ2v) is 7.03. The van der Waals surface area contributed by atoms with Crippen LogP contribution in [0.2, 0.25) is 5.02 Å². The molecule has 0 saturated carbocycles. The van der Waals surface area contributed by atoms with Crippen LogP contribution in [0.25, 0.3) is 11.0 Å². The fourth-order valence-corrected chi connectivity index (χ4v) is 3.47. The number of amides is 1. The highest BCUT2D eigenvalue weighted by atomic mass is 35.5. The molecule has 1 saturated heterocycles. The van der Waals surface area contributed by atoms with Gasteiger partial charge in [0.1, 0.15) is 6.54 Å². The van der Waals surface area contributed by atoms with Gasteiger partial charge < -0.3 is 9.80 Å². The summed E-state index contributed by atoms with van der Waals surface area (Å²) in [6, 6.07) is 9.21. The van der Waals surface area contributed by atoms with E-state index in [1.165, 1.54) is 4.68 Å². The summed E-state index contributed by atoms with van der Waals surface area (Å²) < 4.78 is 15.2. The minimum atomic E-state index is -0.603. The predicted molar refractivity (Wildman–Crippen MR) is 102 cm³/mol. The maximum absolute atomic E-state index is 13.9. The molecule has 0 spiro atoms. The first-order chi connectivity index (χ1) is 13.0. The van der Waals surface area contributed by atoms with E-state index in [0.717, 1.165) is 29.4 Å². The minimum absolute atomic E-state index is 0.0164. The third kappa shape index (κ3) is 3.47. The molecule has 4 rings (SSSR count). The second kappa shape index (κ2) is 7.15. The van der Waals surface area contributed by atoms with Gasteiger partial charge >= 0.3 is 0 Å². The topological polar surface area (TPSA) is 54.3 Å². The highest BCUT2D eigenvalue weighted by molar-refractivity contribution is 6.31. The van der Waals surface area contributed by atoms with E-state index in [2.05, 4.69) is 21.0 Å². The van der Waals surface area contributed by atoms with Crippen LogP contribution >= 0.6 is 11.6 Å². The molecule has 3 aromatic rings. The first kappa shape index (κ1) is 17.7. The SMILES string of the molecule is Cc1cc(N2CCN(C(=O)Cn3nc(F)c4cccnc43)CC2)ccc1Cl. The lowest BCUT2D eigenvalue weighted by molar-refractivity contribution is -0.132.